The number of hydrogen-bond donors (Lipinski definition) is 0. The highest BCUT2D eigenvalue weighted by atomic mass is 35.5. The van der Waals surface area contributed by atoms with Crippen LogP contribution in [0.1, 0.15) is 5.56 Å². The summed E-state index contributed by atoms with van der Waals surface area (Å²) in [5, 5.41) is -10.9. The van der Waals surface area contributed by atoms with Crippen molar-refractivity contribution in [3.8, 4) is 0 Å². The van der Waals surface area contributed by atoms with E-state index in [-0.39, 0.29) is 0 Å². The normalized spacial score (nSPS) is 17.1. The van der Waals surface area contributed by atoms with Gasteiger partial charge in [-0.25, -0.2) is 4.39 Å². The molecule has 0 bridgehead atoms. The van der Waals surface area contributed by atoms with Gasteiger partial charge in [0.1, 0.15) is 0 Å². The number of benzene rings is 1. The van der Waals surface area contributed by atoms with Gasteiger partial charge in [0, 0.05) is 5.56 Å². The molecule has 0 aliphatic rings. The Morgan fingerprint density at radius 2 is 1.16 bits per heavy atom. The highest BCUT2D eigenvalue weighted by molar-refractivity contribution is 6.33. The number of rotatable bonds is 4. The third-order valence-electron chi connectivity index (χ3n) is 2.28. The van der Waals surface area contributed by atoms with E-state index in [0.717, 1.165) is 12.1 Å². The lowest BCUT2D eigenvalue weighted by Crippen LogP contribution is -2.58. The highest BCUT2D eigenvalue weighted by Crippen LogP contribution is 2.58. The van der Waals surface area contributed by atoms with Gasteiger partial charge in [-0.2, -0.15) is 26.3 Å². The van der Waals surface area contributed by atoms with Crippen LogP contribution in [0.3, 0.4) is 0 Å². The van der Waals surface area contributed by atoms with E-state index in [0.29, 0.717) is 12.1 Å². The molecular formula is C10H5Cl2F7. The Kier molecular flexibility index (Phi) is 4.05. The maximum absolute atomic E-state index is 13.5. The summed E-state index contributed by atoms with van der Waals surface area (Å²) in [6.45, 7) is 0. The fourth-order valence-corrected chi connectivity index (χ4v) is 1.44. The molecular weight excluding hydrogens is 324 g/mol. The Labute approximate surface area is 113 Å². The van der Waals surface area contributed by atoms with Gasteiger partial charge in [-0.15, -0.1) is 0 Å². The predicted octanol–water partition coefficient (Wildman–Crippen LogP) is 5.15. The molecule has 1 aromatic carbocycles. The molecule has 108 valence electrons. The van der Waals surface area contributed by atoms with E-state index in [9.17, 15) is 30.7 Å². The first-order valence-corrected chi connectivity index (χ1v) is 5.37. The first kappa shape index (κ1) is 16.4. The van der Waals surface area contributed by atoms with Crippen molar-refractivity contribution < 1.29 is 30.7 Å². The predicted molar refractivity (Wildman–Crippen MR) is 55.8 cm³/mol. The zero-order valence-corrected chi connectivity index (χ0v) is 10.3. The molecule has 0 spiro atoms. The molecule has 0 N–H and O–H groups in total. The standard InChI is InChI=1S/C10H5Cl2F7/c11-8(15,10(12,18)19)9(16,17)7(13,14)6-4-2-1-3-5-6/h1-5H. The second-order valence-electron chi connectivity index (χ2n) is 3.59. The van der Waals surface area contributed by atoms with E-state index < -0.39 is 27.9 Å². The molecule has 0 fully saturated rings. The number of alkyl halides is 9. The van der Waals surface area contributed by atoms with Crippen molar-refractivity contribution in [2.45, 2.75) is 22.4 Å². The van der Waals surface area contributed by atoms with Gasteiger partial charge in [-0.05, 0) is 11.6 Å². The molecule has 0 nitrogen and oxygen atoms in total. The van der Waals surface area contributed by atoms with Crippen LogP contribution in [-0.4, -0.2) is 16.4 Å². The molecule has 0 radical (unpaired) electrons. The molecule has 0 aromatic heterocycles. The largest absolute Gasteiger partial charge is 0.375 e. The van der Waals surface area contributed by atoms with E-state index in [1.807, 2.05) is 0 Å². The van der Waals surface area contributed by atoms with Gasteiger partial charge >= 0.3 is 22.4 Å². The zero-order chi connectivity index (χ0) is 15.1. The molecule has 0 amide bonds. The smallest absolute Gasteiger partial charge is 0.211 e. The van der Waals surface area contributed by atoms with E-state index in [1.165, 1.54) is 6.07 Å². The topological polar surface area (TPSA) is 0 Å². The summed E-state index contributed by atoms with van der Waals surface area (Å²) in [5.74, 6) is -11.2. The summed E-state index contributed by atoms with van der Waals surface area (Å²) in [6, 6.07) is 4.16. The fourth-order valence-electron chi connectivity index (χ4n) is 1.20. The van der Waals surface area contributed by atoms with Crippen LogP contribution in [0.15, 0.2) is 30.3 Å². The SMILES string of the molecule is FC(F)(Cl)C(F)(Cl)C(F)(F)C(F)(F)c1ccccc1. The van der Waals surface area contributed by atoms with Crippen LogP contribution in [0.5, 0.6) is 0 Å². The summed E-state index contributed by atoms with van der Waals surface area (Å²) in [5.41, 5.74) is -1.37. The molecule has 0 heterocycles. The lowest BCUT2D eigenvalue weighted by molar-refractivity contribution is -0.284. The minimum absolute atomic E-state index is 0.521. The number of halogens is 9. The summed E-state index contributed by atoms with van der Waals surface area (Å²) in [4.78, 5) is 0. The lowest BCUT2D eigenvalue weighted by Gasteiger charge is -2.35. The zero-order valence-electron chi connectivity index (χ0n) is 8.79. The van der Waals surface area contributed by atoms with Gasteiger partial charge in [0.05, 0.1) is 0 Å². The molecule has 0 aliphatic carbocycles. The van der Waals surface area contributed by atoms with Crippen LogP contribution in [0.25, 0.3) is 0 Å². The van der Waals surface area contributed by atoms with Crippen LogP contribution in [-0.2, 0) is 5.92 Å². The van der Waals surface area contributed by atoms with Crippen molar-refractivity contribution in [2.75, 3.05) is 0 Å². The van der Waals surface area contributed by atoms with Crippen molar-refractivity contribution in [3.05, 3.63) is 35.9 Å². The van der Waals surface area contributed by atoms with Crippen LogP contribution in [0, 0.1) is 0 Å². The molecule has 1 atom stereocenters. The second-order valence-corrected chi connectivity index (χ2v) is 4.58. The molecule has 0 aliphatic heterocycles. The maximum Gasteiger partial charge on any atom is 0.375 e. The number of hydrogen-bond acceptors (Lipinski definition) is 0. The van der Waals surface area contributed by atoms with Gasteiger partial charge in [0.2, 0.25) is 0 Å². The van der Waals surface area contributed by atoms with Crippen molar-refractivity contribution in [1.82, 2.24) is 0 Å². The average Bonchev–Trinajstić information content (AvgIpc) is 2.28. The van der Waals surface area contributed by atoms with Gasteiger partial charge < -0.3 is 0 Å². The third-order valence-corrected chi connectivity index (χ3v) is 3.11. The molecule has 1 rings (SSSR count). The summed E-state index contributed by atoms with van der Waals surface area (Å²) >= 11 is 8.31. The Morgan fingerprint density at radius 1 is 0.737 bits per heavy atom. The van der Waals surface area contributed by atoms with Gasteiger partial charge in [-0.1, -0.05) is 41.9 Å². The van der Waals surface area contributed by atoms with Gasteiger partial charge in [0.15, 0.2) is 0 Å². The van der Waals surface area contributed by atoms with E-state index >= 15 is 0 Å². The Morgan fingerprint density at radius 3 is 1.53 bits per heavy atom. The monoisotopic (exact) mass is 328 g/mol. The van der Waals surface area contributed by atoms with Crippen LogP contribution < -0.4 is 0 Å². The first-order valence-electron chi connectivity index (χ1n) is 4.61. The van der Waals surface area contributed by atoms with Gasteiger partial charge in [-0.3, -0.25) is 0 Å². The third kappa shape index (κ3) is 2.50. The van der Waals surface area contributed by atoms with Crippen LogP contribution in [0.2, 0.25) is 0 Å². The fraction of sp³-hybridized carbons (Fsp3) is 0.400. The van der Waals surface area contributed by atoms with Crippen molar-refractivity contribution in [3.63, 3.8) is 0 Å². The molecule has 9 heteroatoms. The Balaban J connectivity index is 3.34. The van der Waals surface area contributed by atoms with Crippen molar-refractivity contribution in [2.24, 2.45) is 0 Å². The summed E-state index contributed by atoms with van der Waals surface area (Å²) in [6.07, 6.45) is 0. The van der Waals surface area contributed by atoms with Crippen molar-refractivity contribution >= 4 is 23.2 Å². The van der Waals surface area contributed by atoms with Crippen LogP contribution >= 0.6 is 23.2 Å². The van der Waals surface area contributed by atoms with Gasteiger partial charge in [0.25, 0.3) is 0 Å². The minimum atomic E-state index is -5.94. The van der Waals surface area contributed by atoms with E-state index in [1.54, 1.807) is 0 Å². The quantitative estimate of drug-likeness (QED) is 0.529. The average molecular weight is 329 g/mol. The lowest BCUT2D eigenvalue weighted by atomic mass is 9.98. The first-order chi connectivity index (χ1) is 8.36. The minimum Gasteiger partial charge on any atom is -0.211 e. The molecule has 19 heavy (non-hydrogen) atoms. The summed E-state index contributed by atoms with van der Waals surface area (Å²) < 4.78 is 91.8. The molecule has 1 aromatic rings. The molecule has 0 saturated heterocycles. The molecule has 0 saturated carbocycles. The highest BCUT2D eigenvalue weighted by Gasteiger charge is 2.78. The van der Waals surface area contributed by atoms with Crippen LogP contribution in [0.4, 0.5) is 30.7 Å². The Bertz CT molecular complexity index is 439. The Hall–Kier alpha value is -0.690. The van der Waals surface area contributed by atoms with E-state index in [2.05, 4.69) is 23.2 Å². The maximum atomic E-state index is 13.5. The molecule has 1 unspecified atom stereocenters. The second kappa shape index (κ2) is 4.70. The van der Waals surface area contributed by atoms with E-state index in [4.69, 9.17) is 0 Å². The van der Waals surface area contributed by atoms with Crippen molar-refractivity contribution in [1.29, 1.82) is 0 Å². The summed E-state index contributed by atoms with van der Waals surface area (Å²) in [7, 11) is 0.